The molecule has 1 nitrogen and oxygen atoms in total. The van der Waals surface area contributed by atoms with E-state index >= 15 is 0 Å². The van der Waals surface area contributed by atoms with Gasteiger partial charge < -0.3 is 5.32 Å². The maximum atomic E-state index is 13.4. The van der Waals surface area contributed by atoms with Gasteiger partial charge >= 0.3 is 0 Å². The van der Waals surface area contributed by atoms with E-state index in [1.807, 2.05) is 6.07 Å². The van der Waals surface area contributed by atoms with Gasteiger partial charge in [0.25, 0.3) is 0 Å². The van der Waals surface area contributed by atoms with Crippen LogP contribution in [0.15, 0.2) is 22.7 Å². The number of hydrogen-bond acceptors (Lipinski definition) is 1. The lowest BCUT2D eigenvalue weighted by Gasteiger charge is -2.32. The molecule has 0 aliphatic heterocycles. The summed E-state index contributed by atoms with van der Waals surface area (Å²) in [7, 11) is 0. The Balaban J connectivity index is 2.05. The minimum atomic E-state index is -0.196. The summed E-state index contributed by atoms with van der Waals surface area (Å²) in [4.78, 5) is 0. The Kier molecular flexibility index (Phi) is 4.43. The van der Waals surface area contributed by atoms with E-state index in [1.165, 1.54) is 32.1 Å². The van der Waals surface area contributed by atoms with Crippen LogP contribution in [-0.4, -0.2) is 6.04 Å². The Bertz CT molecular complexity index is 380. The SMILES string of the molecule is CCC1CCCCC1Nc1ccc(Br)c(F)c1. The molecule has 2 atom stereocenters. The first-order chi connectivity index (χ1) is 8.20. The molecule has 0 radical (unpaired) electrons. The Hall–Kier alpha value is -0.570. The number of halogens is 2. The van der Waals surface area contributed by atoms with Gasteiger partial charge in [-0.3, -0.25) is 0 Å². The Labute approximate surface area is 111 Å². The Morgan fingerprint density at radius 1 is 1.35 bits per heavy atom. The number of rotatable bonds is 3. The van der Waals surface area contributed by atoms with Crippen LogP contribution in [0.5, 0.6) is 0 Å². The van der Waals surface area contributed by atoms with Crippen molar-refractivity contribution in [3.8, 4) is 0 Å². The van der Waals surface area contributed by atoms with Gasteiger partial charge in [-0.1, -0.05) is 26.2 Å². The molecule has 1 N–H and O–H groups in total. The second kappa shape index (κ2) is 5.85. The third-order valence-electron chi connectivity index (χ3n) is 3.71. The second-order valence-electron chi connectivity index (χ2n) is 4.83. The lowest BCUT2D eigenvalue weighted by molar-refractivity contribution is 0.317. The molecule has 0 saturated heterocycles. The van der Waals surface area contributed by atoms with Crippen LogP contribution in [0, 0.1) is 11.7 Å². The highest BCUT2D eigenvalue weighted by Gasteiger charge is 2.23. The number of benzene rings is 1. The van der Waals surface area contributed by atoms with E-state index in [1.54, 1.807) is 12.1 Å². The van der Waals surface area contributed by atoms with Crippen molar-refractivity contribution in [2.45, 2.75) is 45.1 Å². The van der Waals surface area contributed by atoms with Crippen LogP contribution >= 0.6 is 15.9 Å². The lowest BCUT2D eigenvalue weighted by atomic mass is 9.83. The highest BCUT2D eigenvalue weighted by molar-refractivity contribution is 9.10. The maximum absolute atomic E-state index is 13.4. The highest BCUT2D eigenvalue weighted by Crippen LogP contribution is 2.30. The molecule has 1 aliphatic rings. The predicted molar refractivity (Wildman–Crippen MR) is 73.8 cm³/mol. The van der Waals surface area contributed by atoms with Gasteiger partial charge in [-0.25, -0.2) is 4.39 Å². The Morgan fingerprint density at radius 2 is 2.12 bits per heavy atom. The minimum absolute atomic E-state index is 0.196. The molecular weight excluding hydrogens is 281 g/mol. The fraction of sp³-hybridized carbons (Fsp3) is 0.571. The van der Waals surface area contributed by atoms with Crippen molar-refractivity contribution in [1.29, 1.82) is 0 Å². The first-order valence-corrected chi connectivity index (χ1v) is 7.21. The molecule has 1 aliphatic carbocycles. The van der Waals surface area contributed by atoms with Crippen molar-refractivity contribution >= 4 is 21.6 Å². The summed E-state index contributed by atoms with van der Waals surface area (Å²) in [6.45, 7) is 2.24. The normalized spacial score (nSPS) is 24.6. The monoisotopic (exact) mass is 299 g/mol. The first kappa shape index (κ1) is 12.9. The molecule has 0 spiro atoms. The highest BCUT2D eigenvalue weighted by atomic mass is 79.9. The molecule has 2 unspecified atom stereocenters. The third kappa shape index (κ3) is 3.21. The van der Waals surface area contributed by atoms with Crippen LogP contribution in [-0.2, 0) is 0 Å². The molecule has 1 fully saturated rings. The van der Waals surface area contributed by atoms with E-state index < -0.39 is 0 Å². The van der Waals surface area contributed by atoms with Gasteiger partial charge in [0.1, 0.15) is 5.82 Å². The van der Waals surface area contributed by atoms with Gasteiger partial charge in [-0.2, -0.15) is 0 Å². The van der Waals surface area contributed by atoms with Gasteiger partial charge in [-0.15, -0.1) is 0 Å². The maximum Gasteiger partial charge on any atom is 0.139 e. The van der Waals surface area contributed by atoms with E-state index in [-0.39, 0.29) is 5.82 Å². The summed E-state index contributed by atoms with van der Waals surface area (Å²) in [6, 6.07) is 5.79. The Morgan fingerprint density at radius 3 is 2.82 bits per heavy atom. The summed E-state index contributed by atoms with van der Waals surface area (Å²) in [5.74, 6) is 0.536. The van der Waals surface area contributed by atoms with E-state index in [0.717, 1.165) is 11.6 Å². The van der Waals surface area contributed by atoms with Gasteiger partial charge in [0.05, 0.1) is 4.47 Å². The van der Waals surface area contributed by atoms with Gasteiger partial charge in [0.2, 0.25) is 0 Å². The zero-order chi connectivity index (χ0) is 12.3. The molecule has 2 rings (SSSR count). The van der Waals surface area contributed by atoms with Crippen molar-refractivity contribution in [2.75, 3.05) is 5.32 Å². The molecule has 0 bridgehead atoms. The largest absolute Gasteiger partial charge is 0.382 e. The number of hydrogen-bond donors (Lipinski definition) is 1. The van der Waals surface area contributed by atoms with Crippen LogP contribution < -0.4 is 5.32 Å². The van der Waals surface area contributed by atoms with Crippen LogP contribution in [0.1, 0.15) is 39.0 Å². The molecule has 17 heavy (non-hydrogen) atoms. The lowest BCUT2D eigenvalue weighted by Crippen LogP contribution is -2.31. The predicted octanol–water partition coefficient (Wildman–Crippen LogP) is 4.97. The van der Waals surface area contributed by atoms with Crippen molar-refractivity contribution in [3.63, 3.8) is 0 Å². The zero-order valence-corrected chi connectivity index (χ0v) is 11.8. The fourth-order valence-electron chi connectivity index (χ4n) is 2.69. The molecule has 1 aromatic carbocycles. The molecule has 0 amide bonds. The number of anilines is 1. The smallest absolute Gasteiger partial charge is 0.139 e. The van der Waals surface area contributed by atoms with E-state index in [0.29, 0.717) is 10.5 Å². The quantitative estimate of drug-likeness (QED) is 0.831. The molecule has 3 heteroatoms. The topological polar surface area (TPSA) is 12.0 Å². The summed E-state index contributed by atoms with van der Waals surface area (Å²) >= 11 is 3.18. The third-order valence-corrected chi connectivity index (χ3v) is 4.35. The average Bonchev–Trinajstić information content (AvgIpc) is 2.34. The average molecular weight is 300 g/mol. The van der Waals surface area contributed by atoms with Gasteiger partial charge in [-0.05, 0) is 52.9 Å². The van der Waals surface area contributed by atoms with Gasteiger partial charge in [0, 0.05) is 11.7 Å². The summed E-state index contributed by atoms with van der Waals surface area (Å²) in [6.07, 6.45) is 6.33. The first-order valence-electron chi connectivity index (χ1n) is 6.42. The summed E-state index contributed by atoms with van der Waals surface area (Å²) in [5.41, 5.74) is 0.899. The summed E-state index contributed by atoms with van der Waals surface area (Å²) in [5, 5.41) is 3.49. The van der Waals surface area contributed by atoms with E-state index in [2.05, 4.69) is 28.2 Å². The van der Waals surface area contributed by atoms with Crippen molar-refractivity contribution in [3.05, 3.63) is 28.5 Å². The van der Waals surface area contributed by atoms with Gasteiger partial charge in [0.15, 0.2) is 0 Å². The van der Waals surface area contributed by atoms with E-state index in [9.17, 15) is 4.39 Å². The molecular formula is C14H19BrFN. The fourth-order valence-corrected chi connectivity index (χ4v) is 2.93. The van der Waals surface area contributed by atoms with Crippen molar-refractivity contribution in [1.82, 2.24) is 0 Å². The minimum Gasteiger partial charge on any atom is -0.382 e. The molecule has 0 heterocycles. The van der Waals surface area contributed by atoms with Crippen molar-refractivity contribution < 1.29 is 4.39 Å². The van der Waals surface area contributed by atoms with Crippen LogP contribution in [0.3, 0.4) is 0 Å². The molecule has 1 saturated carbocycles. The van der Waals surface area contributed by atoms with E-state index in [4.69, 9.17) is 0 Å². The molecule has 1 aromatic rings. The molecule has 94 valence electrons. The van der Waals surface area contributed by atoms with Crippen LogP contribution in [0.4, 0.5) is 10.1 Å². The number of nitrogens with one attached hydrogen (secondary N) is 1. The zero-order valence-electron chi connectivity index (χ0n) is 10.2. The molecule has 0 aromatic heterocycles. The van der Waals surface area contributed by atoms with Crippen molar-refractivity contribution in [2.24, 2.45) is 5.92 Å². The van der Waals surface area contributed by atoms with Crippen LogP contribution in [0.2, 0.25) is 0 Å². The van der Waals surface area contributed by atoms with Crippen LogP contribution in [0.25, 0.3) is 0 Å². The second-order valence-corrected chi connectivity index (χ2v) is 5.69. The standard InChI is InChI=1S/C14H19BrFN/c1-2-10-5-3-4-6-14(10)17-11-7-8-12(15)13(16)9-11/h7-10,14,17H,2-6H2,1H3. The summed E-state index contributed by atoms with van der Waals surface area (Å²) < 4.78 is 14.0.